The molecule has 0 spiro atoms. The Morgan fingerprint density at radius 1 is 1.00 bits per heavy atom. The van der Waals surface area contributed by atoms with Crippen LogP contribution in [-0.4, -0.2) is 9.85 Å². The zero-order valence-corrected chi connectivity index (χ0v) is 6.17. The fourth-order valence-electron chi connectivity index (χ4n) is 0.801. The van der Waals surface area contributed by atoms with Gasteiger partial charge in [-0.05, 0) is 6.07 Å². The maximum atomic E-state index is 11.0. The zero-order valence-electron chi connectivity index (χ0n) is 6.17. The molecule has 7 heteroatoms. The van der Waals surface area contributed by atoms with E-state index in [9.17, 15) is 25.3 Å². The van der Waals surface area contributed by atoms with E-state index in [2.05, 4.69) is 0 Å². The first kappa shape index (κ1) is 8.91. The van der Waals surface area contributed by atoms with E-state index < -0.39 is 27.0 Å². The molecule has 0 N–H and O–H groups in total. The lowest BCUT2D eigenvalue weighted by molar-refractivity contribution is -0.416. The Balaban J connectivity index is 3.35. The normalized spacial score (nSPS) is 9.54. The first-order valence-electron chi connectivity index (χ1n) is 3.13. The summed E-state index contributed by atoms with van der Waals surface area (Å²) in [6.07, 6.45) is 0. The number of benzene rings is 1. The average Bonchev–Trinajstić information content (AvgIpc) is 2.03. The summed E-state index contributed by atoms with van der Waals surface area (Å²) in [7, 11) is 0. The molecule has 0 fully saturated rings. The molecule has 0 unspecified atom stereocenters. The lowest BCUT2D eigenvalue weighted by Crippen LogP contribution is -2.01. The van der Waals surface area contributed by atoms with Crippen LogP contribution in [0.3, 0.4) is 0 Å². The highest BCUT2D eigenvalue weighted by Crippen LogP contribution is 2.31. The molecule has 0 saturated heterocycles. The van der Waals surface area contributed by atoms with Crippen LogP contribution in [0.15, 0.2) is 18.2 Å². The molecule has 1 rings (SSSR count). The minimum Gasteiger partial charge on any atom is -0.863 e. The van der Waals surface area contributed by atoms with Gasteiger partial charge in [0.05, 0.1) is 15.6 Å². The van der Waals surface area contributed by atoms with Gasteiger partial charge in [-0.1, -0.05) is 0 Å². The van der Waals surface area contributed by atoms with E-state index in [-0.39, 0.29) is 0 Å². The monoisotopic (exact) mass is 183 g/mol. The quantitative estimate of drug-likeness (QED) is 0.491. The molecule has 13 heavy (non-hydrogen) atoms. The maximum absolute atomic E-state index is 11.0. The molecular weight excluding hydrogens is 180 g/mol. The largest absolute Gasteiger partial charge is 0.863 e. The van der Waals surface area contributed by atoms with Gasteiger partial charge in [0.25, 0.3) is 11.4 Å². The SMILES string of the molecule is O=[N+]([O-])c1cccc([N+](=O)[O-])c1[O-]. The minimum atomic E-state index is -1.17. The van der Waals surface area contributed by atoms with E-state index >= 15 is 0 Å². The van der Waals surface area contributed by atoms with Gasteiger partial charge in [0, 0.05) is 12.1 Å². The van der Waals surface area contributed by atoms with Crippen LogP contribution in [-0.2, 0) is 0 Å². The molecule has 68 valence electrons. The molecule has 0 aliphatic carbocycles. The van der Waals surface area contributed by atoms with Gasteiger partial charge in [-0.25, -0.2) is 0 Å². The summed E-state index contributed by atoms with van der Waals surface area (Å²) in [6, 6.07) is 2.95. The molecule has 0 saturated carbocycles. The van der Waals surface area contributed by atoms with E-state index in [4.69, 9.17) is 0 Å². The number of nitro groups is 2. The molecular formula is C6H3N2O5-. The highest BCUT2D eigenvalue weighted by atomic mass is 16.6. The van der Waals surface area contributed by atoms with Crippen molar-refractivity contribution in [3.05, 3.63) is 38.4 Å². The zero-order chi connectivity index (χ0) is 10.0. The van der Waals surface area contributed by atoms with Crippen LogP contribution in [0.4, 0.5) is 11.4 Å². The van der Waals surface area contributed by atoms with E-state index in [1.54, 1.807) is 0 Å². The van der Waals surface area contributed by atoms with Crippen molar-refractivity contribution in [2.75, 3.05) is 0 Å². The Labute approximate surface area is 71.5 Å². The molecule has 0 atom stereocenters. The fraction of sp³-hybridized carbons (Fsp3) is 0. The summed E-state index contributed by atoms with van der Waals surface area (Å²) < 4.78 is 0. The van der Waals surface area contributed by atoms with E-state index in [0.717, 1.165) is 18.2 Å². The van der Waals surface area contributed by atoms with Gasteiger partial charge in [0.2, 0.25) is 0 Å². The molecule has 0 bridgehead atoms. The number of hydrogen-bond acceptors (Lipinski definition) is 5. The summed E-state index contributed by atoms with van der Waals surface area (Å²) in [5.41, 5.74) is -1.57. The Morgan fingerprint density at radius 3 is 1.69 bits per heavy atom. The molecule has 0 radical (unpaired) electrons. The third-order valence-corrected chi connectivity index (χ3v) is 1.37. The molecule has 0 aromatic heterocycles. The summed E-state index contributed by atoms with van der Waals surface area (Å²) in [4.78, 5) is 18.5. The number of nitro benzene ring substituents is 2. The van der Waals surface area contributed by atoms with E-state index in [1.165, 1.54) is 0 Å². The maximum Gasteiger partial charge on any atom is 0.268 e. The van der Waals surface area contributed by atoms with Gasteiger partial charge in [0.15, 0.2) is 0 Å². The van der Waals surface area contributed by atoms with Crippen molar-refractivity contribution in [3.8, 4) is 5.75 Å². The second-order valence-electron chi connectivity index (χ2n) is 2.14. The second-order valence-corrected chi connectivity index (χ2v) is 2.14. The van der Waals surface area contributed by atoms with Gasteiger partial charge in [-0.3, -0.25) is 20.2 Å². The van der Waals surface area contributed by atoms with Crippen molar-refractivity contribution in [1.29, 1.82) is 0 Å². The minimum absolute atomic E-state index is 0.783. The van der Waals surface area contributed by atoms with Crippen LogP contribution in [0.1, 0.15) is 0 Å². The standard InChI is InChI=1S/C6H4N2O5/c9-6-4(7(10)11)2-1-3-5(6)8(12)13/h1-3,9H/p-1. The van der Waals surface area contributed by atoms with E-state index in [0.29, 0.717) is 0 Å². The third kappa shape index (κ3) is 1.53. The molecule has 0 amide bonds. The Bertz CT molecular complexity index is 343. The molecule has 1 aromatic carbocycles. The summed E-state index contributed by atoms with van der Waals surface area (Å²) >= 11 is 0. The fourth-order valence-corrected chi connectivity index (χ4v) is 0.801. The first-order chi connectivity index (χ1) is 6.04. The third-order valence-electron chi connectivity index (χ3n) is 1.37. The molecule has 1 aromatic rings. The first-order valence-corrected chi connectivity index (χ1v) is 3.13. The van der Waals surface area contributed by atoms with Crippen LogP contribution >= 0.6 is 0 Å². The van der Waals surface area contributed by atoms with Crippen molar-refractivity contribution in [3.63, 3.8) is 0 Å². The number of rotatable bonds is 2. The van der Waals surface area contributed by atoms with Crippen molar-refractivity contribution in [2.45, 2.75) is 0 Å². The summed E-state index contributed by atoms with van der Waals surface area (Å²) in [6.45, 7) is 0. The van der Waals surface area contributed by atoms with Crippen molar-refractivity contribution in [1.82, 2.24) is 0 Å². The lowest BCUT2D eigenvalue weighted by Gasteiger charge is -2.05. The lowest BCUT2D eigenvalue weighted by atomic mass is 10.2. The van der Waals surface area contributed by atoms with Crippen molar-refractivity contribution >= 4 is 11.4 Å². The Hall–Kier alpha value is -2.18. The topological polar surface area (TPSA) is 109 Å². The van der Waals surface area contributed by atoms with Crippen LogP contribution in [0.25, 0.3) is 0 Å². The van der Waals surface area contributed by atoms with Gasteiger partial charge in [-0.2, -0.15) is 0 Å². The van der Waals surface area contributed by atoms with Gasteiger partial charge < -0.3 is 5.11 Å². The number of para-hydroxylation sites is 1. The predicted octanol–water partition coefficient (Wildman–Crippen LogP) is 0.577. The Morgan fingerprint density at radius 2 is 1.38 bits per heavy atom. The highest BCUT2D eigenvalue weighted by molar-refractivity contribution is 5.57. The Kier molecular flexibility index (Phi) is 2.09. The number of hydrogen-bond donors (Lipinski definition) is 0. The molecule has 7 nitrogen and oxygen atoms in total. The van der Waals surface area contributed by atoms with Gasteiger partial charge in [0.1, 0.15) is 0 Å². The summed E-state index contributed by atoms with van der Waals surface area (Å²) in [5.74, 6) is -1.17. The van der Waals surface area contributed by atoms with Crippen LogP contribution < -0.4 is 5.11 Å². The van der Waals surface area contributed by atoms with Gasteiger partial charge >= 0.3 is 0 Å². The van der Waals surface area contributed by atoms with Gasteiger partial charge in [-0.15, -0.1) is 0 Å². The average molecular weight is 183 g/mol. The van der Waals surface area contributed by atoms with E-state index in [1.807, 2.05) is 0 Å². The van der Waals surface area contributed by atoms with Crippen LogP contribution in [0.2, 0.25) is 0 Å². The molecule has 0 aliphatic heterocycles. The van der Waals surface area contributed by atoms with Crippen LogP contribution in [0.5, 0.6) is 5.75 Å². The second kappa shape index (κ2) is 3.05. The molecule has 0 aliphatic rings. The number of nitrogens with zero attached hydrogens (tertiary/aromatic N) is 2. The van der Waals surface area contributed by atoms with Crippen molar-refractivity contribution in [2.24, 2.45) is 0 Å². The smallest absolute Gasteiger partial charge is 0.268 e. The van der Waals surface area contributed by atoms with Crippen molar-refractivity contribution < 1.29 is 15.0 Å². The summed E-state index contributed by atoms with van der Waals surface area (Å²) in [5, 5.41) is 31.3. The predicted molar refractivity (Wildman–Crippen MR) is 39.2 cm³/mol. The van der Waals surface area contributed by atoms with Crippen LogP contribution in [0, 0.1) is 20.2 Å². The highest BCUT2D eigenvalue weighted by Gasteiger charge is 2.15. The molecule has 0 heterocycles.